The van der Waals surface area contributed by atoms with Crippen molar-refractivity contribution in [3.63, 3.8) is 0 Å². The molecule has 0 saturated heterocycles. The van der Waals surface area contributed by atoms with Crippen LogP contribution >= 0.6 is 7.82 Å². The summed E-state index contributed by atoms with van der Waals surface area (Å²) in [5.41, 5.74) is 3.24. The molecule has 0 spiro atoms. The lowest BCUT2D eigenvalue weighted by Crippen LogP contribution is -2.70. The molecule has 0 heterocycles. The molecule has 0 aliphatic carbocycles. The van der Waals surface area contributed by atoms with Crippen LogP contribution in [0.2, 0.25) is 0 Å². The van der Waals surface area contributed by atoms with Crippen LogP contribution in [0.5, 0.6) is 0 Å². The van der Waals surface area contributed by atoms with Crippen LogP contribution in [-0.4, -0.2) is 49.9 Å². The highest BCUT2D eigenvalue weighted by atomic mass is 31.2. The molecule has 0 amide bonds. The van der Waals surface area contributed by atoms with Gasteiger partial charge >= 0.3 is 11.9 Å². The SMILES string of the molecule is CCCCCCCC/C=C\CCCCCCCC(=O)O[C@H](COC(=O)CCCCCCCCCCCCCCCCCCC)COP(=O)([O-])OC[C@H]([NH3+])C(=O)[O-]. The smallest absolute Gasteiger partial charge is 0.306 e. The third-order valence-electron chi connectivity index (χ3n) is 10.0. The molecule has 11 nitrogen and oxygen atoms in total. The quantitative estimate of drug-likeness (QED) is 0.0270. The maximum atomic E-state index is 12.6. The second-order valence-electron chi connectivity index (χ2n) is 15.6. The fraction of sp³-hybridized carbons (Fsp3) is 0.886. The molecule has 56 heavy (non-hydrogen) atoms. The summed E-state index contributed by atoms with van der Waals surface area (Å²) in [5, 5.41) is 10.8. The van der Waals surface area contributed by atoms with Gasteiger partial charge in [-0.15, -0.1) is 0 Å². The molecule has 1 unspecified atom stereocenters. The number of hydrogen-bond donors (Lipinski definition) is 1. The minimum atomic E-state index is -4.95. The average Bonchev–Trinajstić information content (AvgIpc) is 3.17. The van der Waals surface area contributed by atoms with E-state index in [9.17, 15) is 28.9 Å². The van der Waals surface area contributed by atoms with Gasteiger partial charge < -0.3 is 39.0 Å². The Morgan fingerprint density at radius 1 is 0.536 bits per heavy atom. The summed E-state index contributed by atoms with van der Waals surface area (Å²) in [6.07, 6.45) is 39.6. The lowest BCUT2D eigenvalue weighted by Gasteiger charge is -2.26. The van der Waals surface area contributed by atoms with Crippen LogP contribution in [0.25, 0.3) is 0 Å². The van der Waals surface area contributed by atoms with Crippen molar-refractivity contribution < 1.29 is 53.2 Å². The fourth-order valence-corrected chi connectivity index (χ4v) is 7.20. The van der Waals surface area contributed by atoms with Crippen LogP contribution in [0.15, 0.2) is 12.2 Å². The van der Waals surface area contributed by atoms with Crippen molar-refractivity contribution in [2.24, 2.45) is 0 Å². The first kappa shape index (κ1) is 54.2. The number of carboxylic acids is 1. The van der Waals surface area contributed by atoms with Gasteiger partial charge in [0.15, 0.2) is 6.10 Å². The predicted octanol–water partition coefficient (Wildman–Crippen LogP) is 9.38. The van der Waals surface area contributed by atoms with Gasteiger partial charge in [0.1, 0.15) is 25.2 Å². The zero-order valence-corrected chi connectivity index (χ0v) is 36.7. The number of allylic oxidation sites excluding steroid dienone is 2. The molecule has 0 aromatic rings. The van der Waals surface area contributed by atoms with E-state index in [1.165, 1.54) is 122 Å². The number of hydrogen-bond acceptors (Lipinski definition) is 10. The highest BCUT2D eigenvalue weighted by molar-refractivity contribution is 7.45. The molecule has 0 fully saturated rings. The van der Waals surface area contributed by atoms with Gasteiger partial charge in [0.25, 0.3) is 7.82 Å². The first-order valence-electron chi connectivity index (χ1n) is 22.7. The standard InChI is InChI=1S/C44H84NO10P/c1-3-5-7-9-11-13-15-17-19-20-22-23-25-27-29-31-33-35-42(46)52-37-40(38-53-56(50,51)54-39-41(45)44(48)49)55-43(47)36-34-32-30-28-26-24-21-18-16-14-12-10-8-6-4-2/h18,21,40-41H,3-17,19-20,22-39,45H2,1-2H3,(H,48,49)(H,50,51)/p-1/b21-18-/t40-,41+/m1/s1. The number of esters is 2. The zero-order valence-electron chi connectivity index (χ0n) is 35.8. The van der Waals surface area contributed by atoms with Gasteiger partial charge in [0.05, 0.1) is 6.61 Å². The first-order valence-corrected chi connectivity index (χ1v) is 24.2. The molecule has 0 aliphatic heterocycles. The predicted molar refractivity (Wildman–Crippen MR) is 220 cm³/mol. The lowest BCUT2D eigenvalue weighted by atomic mass is 10.0. The second-order valence-corrected chi connectivity index (χ2v) is 17.0. The summed E-state index contributed by atoms with van der Waals surface area (Å²) in [4.78, 5) is 48.1. The summed E-state index contributed by atoms with van der Waals surface area (Å²) < 4.78 is 32.4. The maximum absolute atomic E-state index is 12.6. The van der Waals surface area contributed by atoms with Gasteiger partial charge in [0.2, 0.25) is 0 Å². The van der Waals surface area contributed by atoms with Gasteiger partial charge in [-0.1, -0.05) is 180 Å². The van der Waals surface area contributed by atoms with Crippen LogP contribution in [0.3, 0.4) is 0 Å². The van der Waals surface area contributed by atoms with E-state index in [1.54, 1.807) is 0 Å². The van der Waals surface area contributed by atoms with Crippen molar-refractivity contribution in [1.82, 2.24) is 0 Å². The number of phosphoric ester groups is 1. The number of carboxylic acid groups (broad SMARTS) is 1. The first-order chi connectivity index (χ1) is 27.1. The molecule has 0 rings (SSSR count). The van der Waals surface area contributed by atoms with E-state index in [-0.39, 0.29) is 19.4 Å². The summed E-state index contributed by atoms with van der Waals surface area (Å²) >= 11 is 0. The second kappa shape index (κ2) is 40.0. The van der Waals surface area contributed by atoms with Gasteiger partial charge in [0, 0.05) is 12.8 Å². The summed E-state index contributed by atoms with van der Waals surface area (Å²) in [6, 6.07) is -1.42. The highest BCUT2D eigenvalue weighted by Gasteiger charge is 2.22. The van der Waals surface area contributed by atoms with Crippen molar-refractivity contribution in [2.75, 3.05) is 19.8 Å². The van der Waals surface area contributed by atoms with Crippen molar-refractivity contribution in [1.29, 1.82) is 0 Å². The molecule has 12 heteroatoms. The summed E-state index contributed by atoms with van der Waals surface area (Å²) in [7, 11) is -4.95. The maximum Gasteiger partial charge on any atom is 0.306 e. The molecular weight excluding hydrogens is 733 g/mol. The molecule has 0 aromatic heterocycles. The summed E-state index contributed by atoms with van der Waals surface area (Å²) in [5.74, 6) is -2.57. The van der Waals surface area contributed by atoms with Crippen molar-refractivity contribution >= 4 is 25.7 Å². The Morgan fingerprint density at radius 3 is 1.30 bits per heavy atom. The van der Waals surface area contributed by atoms with Crippen molar-refractivity contribution in [2.45, 2.75) is 231 Å². The molecule has 0 radical (unpaired) electrons. The van der Waals surface area contributed by atoms with Crippen LogP contribution in [0.1, 0.15) is 219 Å². The molecular formula is C44H83NO10P-. The van der Waals surface area contributed by atoms with E-state index in [1.807, 2.05) is 0 Å². The molecule has 3 N–H and O–H groups in total. The Bertz CT molecular complexity index is 1010. The number of carbonyl (C=O) groups is 3. The van der Waals surface area contributed by atoms with E-state index < -0.39 is 51.1 Å². The van der Waals surface area contributed by atoms with Crippen LogP contribution in [-0.2, 0) is 37.5 Å². The Kier molecular flexibility index (Phi) is 38.7. The number of aliphatic carboxylic acids is 1. The molecule has 0 saturated carbocycles. The van der Waals surface area contributed by atoms with E-state index in [2.05, 4.69) is 36.3 Å². The largest absolute Gasteiger partial charge is 0.756 e. The Balaban J connectivity index is 4.31. The number of phosphoric acid groups is 1. The number of carbonyl (C=O) groups excluding carboxylic acids is 3. The number of quaternary nitrogens is 1. The minimum absolute atomic E-state index is 0.141. The van der Waals surface area contributed by atoms with Crippen LogP contribution in [0, 0.1) is 0 Å². The zero-order chi connectivity index (χ0) is 41.4. The molecule has 0 aliphatic rings. The van der Waals surface area contributed by atoms with Gasteiger partial charge in [-0.05, 0) is 38.5 Å². The third-order valence-corrected chi connectivity index (χ3v) is 11.0. The highest BCUT2D eigenvalue weighted by Crippen LogP contribution is 2.38. The molecule has 330 valence electrons. The Labute approximate surface area is 341 Å². The van der Waals surface area contributed by atoms with E-state index >= 15 is 0 Å². The molecule has 0 aromatic carbocycles. The lowest BCUT2D eigenvalue weighted by molar-refractivity contribution is -0.441. The average molecular weight is 817 g/mol. The van der Waals surface area contributed by atoms with Crippen LogP contribution < -0.4 is 15.7 Å². The molecule has 3 atom stereocenters. The van der Waals surface area contributed by atoms with Crippen molar-refractivity contribution in [3.8, 4) is 0 Å². The van der Waals surface area contributed by atoms with Crippen LogP contribution in [0.4, 0.5) is 0 Å². The van der Waals surface area contributed by atoms with Gasteiger partial charge in [-0.2, -0.15) is 0 Å². The Morgan fingerprint density at radius 2 is 0.893 bits per heavy atom. The Hall–Kier alpha value is -1.78. The normalized spacial score (nSPS) is 13.8. The van der Waals surface area contributed by atoms with Crippen molar-refractivity contribution in [3.05, 3.63) is 12.2 Å². The monoisotopic (exact) mass is 817 g/mol. The van der Waals surface area contributed by atoms with E-state index in [4.69, 9.17) is 14.0 Å². The topological polar surface area (TPSA) is 179 Å². The van der Waals surface area contributed by atoms with Gasteiger partial charge in [-0.3, -0.25) is 14.2 Å². The summed E-state index contributed by atoms with van der Waals surface area (Å²) in [6.45, 7) is 2.72. The fourth-order valence-electron chi connectivity index (χ4n) is 6.41. The number of ether oxygens (including phenoxy) is 2. The minimum Gasteiger partial charge on any atom is -0.756 e. The molecule has 0 bridgehead atoms. The third kappa shape index (κ3) is 39.1. The number of rotatable bonds is 43. The van der Waals surface area contributed by atoms with Gasteiger partial charge in [-0.25, -0.2) is 0 Å². The van der Waals surface area contributed by atoms with E-state index in [0.29, 0.717) is 12.8 Å². The van der Waals surface area contributed by atoms with E-state index in [0.717, 1.165) is 57.8 Å². The number of unbranched alkanes of at least 4 members (excludes halogenated alkanes) is 27.